The van der Waals surface area contributed by atoms with E-state index < -0.39 is 0 Å². The molecule has 0 spiro atoms. The molecule has 2 rings (SSSR count). The first-order chi connectivity index (χ1) is 8.20. The van der Waals surface area contributed by atoms with E-state index in [9.17, 15) is 0 Å². The maximum absolute atomic E-state index is 5.47. The van der Waals surface area contributed by atoms with Crippen LogP contribution in [0.4, 0.5) is 5.69 Å². The van der Waals surface area contributed by atoms with Gasteiger partial charge in [0, 0.05) is 31.8 Å². The fourth-order valence-electron chi connectivity index (χ4n) is 1.60. The lowest BCUT2D eigenvalue weighted by atomic mass is 10.2. The molecule has 0 saturated carbocycles. The van der Waals surface area contributed by atoms with Crippen LogP contribution >= 0.6 is 0 Å². The van der Waals surface area contributed by atoms with Crippen LogP contribution in [0.3, 0.4) is 0 Å². The van der Waals surface area contributed by atoms with E-state index in [1.807, 2.05) is 38.4 Å². The van der Waals surface area contributed by atoms with Gasteiger partial charge in [-0.1, -0.05) is 0 Å². The predicted molar refractivity (Wildman–Crippen MR) is 69.0 cm³/mol. The number of rotatable bonds is 4. The Morgan fingerprint density at radius 3 is 2.53 bits per heavy atom. The molecule has 4 heteroatoms. The number of anilines is 1. The monoisotopic (exact) mass is 231 g/mol. The molecule has 0 aliphatic rings. The number of hydrogen-bond acceptors (Lipinski definition) is 4. The summed E-state index contributed by atoms with van der Waals surface area (Å²) in [4.78, 5) is 6.44. The molecule has 1 heterocycles. The molecule has 0 unspecified atom stereocenters. The molecule has 17 heavy (non-hydrogen) atoms. The first kappa shape index (κ1) is 11.7. The number of benzene rings is 1. The van der Waals surface area contributed by atoms with Crippen LogP contribution in [-0.4, -0.2) is 25.6 Å². The number of oxazole rings is 1. The fourth-order valence-corrected chi connectivity index (χ4v) is 1.60. The Hall–Kier alpha value is -1.81. The number of hydrogen-bond donors (Lipinski definition) is 1. The molecular weight excluding hydrogens is 214 g/mol. The van der Waals surface area contributed by atoms with E-state index in [1.165, 1.54) is 0 Å². The summed E-state index contributed by atoms with van der Waals surface area (Å²) in [6.45, 7) is 0.589. The van der Waals surface area contributed by atoms with Crippen LogP contribution in [0, 0.1) is 0 Å². The molecule has 4 nitrogen and oxygen atoms in total. The normalized spacial score (nSPS) is 10.5. The number of nitrogens with two attached hydrogens (primary N) is 1. The Labute approximate surface area is 101 Å². The summed E-state index contributed by atoms with van der Waals surface area (Å²) in [5.41, 5.74) is 8.52. The Bertz CT molecular complexity index is 474. The second kappa shape index (κ2) is 5.01. The van der Waals surface area contributed by atoms with Gasteiger partial charge in [0.15, 0.2) is 0 Å². The molecule has 1 aromatic carbocycles. The van der Waals surface area contributed by atoms with E-state index in [0.29, 0.717) is 12.4 Å². The third kappa shape index (κ3) is 2.65. The highest BCUT2D eigenvalue weighted by molar-refractivity contribution is 5.59. The second-order valence-electron chi connectivity index (χ2n) is 4.12. The third-order valence-electron chi connectivity index (χ3n) is 2.58. The molecule has 0 amide bonds. The van der Waals surface area contributed by atoms with Gasteiger partial charge in [-0.25, -0.2) is 4.98 Å². The van der Waals surface area contributed by atoms with Crippen LogP contribution in [0.1, 0.15) is 5.69 Å². The van der Waals surface area contributed by atoms with Crippen molar-refractivity contribution in [3.8, 4) is 11.5 Å². The maximum atomic E-state index is 5.47. The second-order valence-corrected chi connectivity index (χ2v) is 4.12. The Balaban J connectivity index is 2.21. The van der Waals surface area contributed by atoms with Crippen LogP contribution in [0.5, 0.6) is 0 Å². The first-order valence-electron chi connectivity index (χ1n) is 5.63. The van der Waals surface area contributed by atoms with E-state index >= 15 is 0 Å². The van der Waals surface area contributed by atoms with E-state index in [-0.39, 0.29) is 0 Å². The molecule has 1 aromatic heterocycles. The molecule has 90 valence electrons. The number of nitrogens with zero attached hydrogens (tertiary/aromatic N) is 2. The van der Waals surface area contributed by atoms with Gasteiger partial charge in [-0.3, -0.25) is 0 Å². The van der Waals surface area contributed by atoms with Crippen LogP contribution in [0.25, 0.3) is 11.5 Å². The molecule has 0 saturated heterocycles. The van der Waals surface area contributed by atoms with Crippen molar-refractivity contribution in [1.82, 2.24) is 4.98 Å². The minimum atomic E-state index is 0.589. The minimum absolute atomic E-state index is 0.589. The van der Waals surface area contributed by atoms with Gasteiger partial charge in [-0.15, -0.1) is 0 Å². The maximum Gasteiger partial charge on any atom is 0.226 e. The van der Waals surface area contributed by atoms with Gasteiger partial charge < -0.3 is 15.1 Å². The summed E-state index contributed by atoms with van der Waals surface area (Å²) < 4.78 is 5.42. The van der Waals surface area contributed by atoms with Gasteiger partial charge in [0.2, 0.25) is 5.89 Å². The summed E-state index contributed by atoms with van der Waals surface area (Å²) in [5.74, 6) is 0.652. The lowest BCUT2D eigenvalue weighted by Gasteiger charge is -2.11. The molecule has 2 aromatic rings. The summed E-state index contributed by atoms with van der Waals surface area (Å²) in [6.07, 6.45) is 2.42. The SMILES string of the molecule is CN(C)c1ccc(-c2nc(CCN)co2)cc1. The first-order valence-corrected chi connectivity index (χ1v) is 5.63. The molecule has 0 radical (unpaired) electrons. The Morgan fingerprint density at radius 2 is 1.94 bits per heavy atom. The summed E-state index contributed by atoms with van der Waals surface area (Å²) in [6, 6.07) is 8.10. The van der Waals surface area contributed by atoms with E-state index in [4.69, 9.17) is 10.2 Å². The van der Waals surface area contributed by atoms with Gasteiger partial charge in [0.25, 0.3) is 0 Å². The standard InChI is InChI=1S/C13H17N3O/c1-16(2)12-5-3-10(4-6-12)13-15-11(7-8-14)9-17-13/h3-6,9H,7-8,14H2,1-2H3. The van der Waals surface area contributed by atoms with Gasteiger partial charge in [0.1, 0.15) is 6.26 Å². The smallest absolute Gasteiger partial charge is 0.226 e. The zero-order valence-corrected chi connectivity index (χ0v) is 10.2. The van der Waals surface area contributed by atoms with Crippen LogP contribution in [-0.2, 0) is 6.42 Å². The summed E-state index contributed by atoms with van der Waals surface area (Å²) >= 11 is 0. The fraction of sp³-hybridized carbons (Fsp3) is 0.308. The van der Waals surface area contributed by atoms with Gasteiger partial charge >= 0.3 is 0 Å². The van der Waals surface area contributed by atoms with Crippen molar-refractivity contribution < 1.29 is 4.42 Å². The molecular formula is C13H17N3O. The Kier molecular flexibility index (Phi) is 3.44. The predicted octanol–water partition coefficient (Wildman–Crippen LogP) is 1.91. The topological polar surface area (TPSA) is 55.3 Å². The van der Waals surface area contributed by atoms with Crippen LogP contribution in [0.2, 0.25) is 0 Å². The highest BCUT2D eigenvalue weighted by Gasteiger charge is 2.06. The largest absolute Gasteiger partial charge is 0.444 e. The van der Waals surface area contributed by atoms with Crippen molar-refractivity contribution in [2.24, 2.45) is 5.73 Å². The Morgan fingerprint density at radius 1 is 1.24 bits per heavy atom. The average Bonchev–Trinajstić information content (AvgIpc) is 2.78. The summed E-state index contributed by atoms with van der Waals surface area (Å²) in [5, 5.41) is 0. The van der Waals surface area contributed by atoms with Crippen molar-refractivity contribution in [2.75, 3.05) is 25.5 Å². The molecule has 2 N–H and O–H groups in total. The lowest BCUT2D eigenvalue weighted by molar-refractivity contribution is 0.572. The molecule has 0 aliphatic heterocycles. The number of aromatic nitrogens is 1. The van der Waals surface area contributed by atoms with Crippen molar-refractivity contribution in [2.45, 2.75) is 6.42 Å². The highest BCUT2D eigenvalue weighted by Crippen LogP contribution is 2.21. The average molecular weight is 231 g/mol. The van der Waals surface area contributed by atoms with Crippen molar-refractivity contribution >= 4 is 5.69 Å². The van der Waals surface area contributed by atoms with Crippen LogP contribution < -0.4 is 10.6 Å². The van der Waals surface area contributed by atoms with Gasteiger partial charge in [0.05, 0.1) is 5.69 Å². The zero-order chi connectivity index (χ0) is 12.3. The molecule has 0 fully saturated rings. The third-order valence-corrected chi connectivity index (χ3v) is 2.58. The molecule has 0 aliphatic carbocycles. The highest BCUT2D eigenvalue weighted by atomic mass is 16.3. The minimum Gasteiger partial charge on any atom is -0.444 e. The molecule has 0 bridgehead atoms. The quantitative estimate of drug-likeness (QED) is 0.873. The van der Waals surface area contributed by atoms with E-state index in [0.717, 1.165) is 23.4 Å². The van der Waals surface area contributed by atoms with E-state index in [2.05, 4.69) is 9.88 Å². The summed E-state index contributed by atoms with van der Waals surface area (Å²) in [7, 11) is 4.03. The van der Waals surface area contributed by atoms with Gasteiger partial charge in [-0.2, -0.15) is 0 Å². The van der Waals surface area contributed by atoms with Crippen LogP contribution in [0.15, 0.2) is 34.9 Å². The van der Waals surface area contributed by atoms with Gasteiger partial charge in [-0.05, 0) is 30.8 Å². The van der Waals surface area contributed by atoms with Crippen molar-refractivity contribution in [1.29, 1.82) is 0 Å². The molecule has 0 atom stereocenters. The van der Waals surface area contributed by atoms with E-state index in [1.54, 1.807) is 6.26 Å². The zero-order valence-electron chi connectivity index (χ0n) is 10.2. The van der Waals surface area contributed by atoms with Crippen molar-refractivity contribution in [3.63, 3.8) is 0 Å². The lowest BCUT2D eigenvalue weighted by Crippen LogP contribution is -2.07. The van der Waals surface area contributed by atoms with Crippen molar-refractivity contribution in [3.05, 3.63) is 36.2 Å².